The molecule has 0 unspecified atom stereocenters. The van der Waals surface area contributed by atoms with E-state index in [4.69, 9.17) is 0 Å². The molecule has 0 aliphatic carbocycles. The van der Waals surface area contributed by atoms with Crippen LogP contribution in [0, 0.1) is 3.57 Å². The lowest BCUT2D eigenvalue weighted by atomic mass is 10.2. The number of rotatable bonds is 2. The highest BCUT2D eigenvalue weighted by atomic mass is 127. The van der Waals surface area contributed by atoms with Crippen LogP contribution in [-0.4, -0.2) is 5.91 Å². The van der Waals surface area contributed by atoms with Crippen LogP contribution in [0.5, 0.6) is 0 Å². The van der Waals surface area contributed by atoms with Gasteiger partial charge in [-0.05, 0) is 81.0 Å². The zero-order valence-electron chi connectivity index (χ0n) is 9.08. The molecule has 2 aromatic rings. The van der Waals surface area contributed by atoms with Crippen LogP contribution < -0.4 is 5.32 Å². The van der Waals surface area contributed by atoms with E-state index in [2.05, 4.69) is 59.8 Å². The Balaban J connectivity index is 2.19. The minimum absolute atomic E-state index is 0.129. The summed E-state index contributed by atoms with van der Waals surface area (Å²) >= 11 is 8.96. The van der Waals surface area contributed by atoms with E-state index in [1.54, 1.807) is 6.07 Å². The quantitative estimate of drug-likeness (QED) is 0.597. The summed E-state index contributed by atoms with van der Waals surface area (Å²) in [5.41, 5.74) is 1.40. The third kappa shape index (κ3) is 3.55. The fourth-order valence-electron chi connectivity index (χ4n) is 1.41. The molecule has 92 valence electrons. The molecule has 0 spiro atoms. The van der Waals surface area contributed by atoms with Gasteiger partial charge in [0.05, 0.1) is 5.56 Å². The minimum atomic E-state index is -0.129. The van der Waals surface area contributed by atoms with E-state index in [1.165, 1.54) is 0 Å². The SMILES string of the molecule is O=C(Nc1ccc(I)cc1)c1ccc(Br)cc1Br. The van der Waals surface area contributed by atoms with Gasteiger partial charge in [-0.15, -0.1) is 0 Å². The zero-order chi connectivity index (χ0) is 13.1. The highest BCUT2D eigenvalue weighted by molar-refractivity contribution is 14.1. The second-order valence-electron chi connectivity index (χ2n) is 3.59. The van der Waals surface area contributed by atoms with Crippen LogP contribution in [0.15, 0.2) is 51.4 Å². The first kappa shape index (κ1) is 14.0. The van der Waals surface area contributed by atoms with Crippen LogP contribution in [0.3, 0.4) is 0 Å². The van der Waals surface area contributed by atoms with Crippen molar-refractivity contribution in [3.05, 3.63) is 60.5 Å². The summed E-state index contributed by atoms with van der Waals surface area (Å²) in [6.45, 7) is 0. The third-order valence-electron chi connectivity index (χ3n) is 2.28. The molecule has 2 nitrogen and oxygen atoms in total. The Kier molecular flexibility index (Phi) is 4.80. The lowest BCUT2D eigenvalue weighted by Crippen LogP contribution is -2.12. The summed E-state index contributed by atoms with van der Waals surface area (Å²) in [7, 11) is 0. The molecule has 0 aliphatic heterocycles. The fraction of sp³-hybridized carbons (Fsp3) is 0. The molecule has 0 bridgehead atoms. The zero-order valence-corrected chi connectivity index (χ0v) is 14.4. The van der Waals surface area contributed by atoms with E-state index in [0.29, 0.717) is 5.56 Å². The van der Waals surface area contributed by atoms with Crippen LogP contribution in [0.25, 0.3) is 0 Å². The third-order valence-corrected chi connectivity index (χ3v) is 4.15. The average Bonchev–Trinajstić information content (AvgIpc) is 2.32. The monoisotopic (exact) mass is 479 g/mol. The first-order chi connectivity index (χ1) is 8.56. The second-order valence-corrected chi connectivity index (χ2v) is 6.60. The van der Waals surface area contributed by atoms with E-state index in [-0.39, 0.29) is 5.91 Å². The standard InChI is InChI=1S/C13H8Br2INO/c14-8-1-6-11(12(15)7-8)13(18)17-10-4-2-9(16)3-5-10/h1-7H,(H,17,18). The molecule has 0 aliphatic rings. The summed E-state index contributed by atoms with van der Waals surface area (Å²) in [6.07, 6.45) is 0. The molecule has 0 saturated carbocycles. The van der Waals surface area contributed by atoms with E-state index >= 15 is 0 Å². The van der Waals surface area contributed by atoms with Gasteiger partial charge in [-0.1, -0.05) is 15.9 Å². The maximum absolute atomic E-state index is 12.1. The van der Waals surface area contributed by atoms with Gasteiger partial charge in [0.15, 0.2) is 0 Å². The van der Waals surface area contributed by atoms with Crippen molar-refractivity contribution in [3.63, 3.8) is 0 Å². The lowest BCUT2D eigenvalue weighted by molar-refractivity contribution is 0.102. The van der Waals surface area contributed by atoms with Crippen molar-refractivity contribution < 1.29 is 4.79 Å². The van der Waals surface area contributed by atoms with Gasteiger partial charge in [0.25, 0.3) is 5.91 Å². The van der Waals surface area contributed by atoms with E-state index in [0.717, 1.165) is 18.2 Å². The predicted molar refractivity (Wildman–Crippen MR) is 89.0 cm³/mol. The summed E-state index contributed by atoms with van der Waals surface area (Å²) in [4.78, 5) is 12.1. The second kappa shape index (κ2) is 6.16. The van der Waals surface area contributed by atoms with Gasteiger partial charge in [-0.2, -0.15) is 0 Å². The Labute approximate surface area is 136 Å². The van der Waals surface area contributed by atoms with E-state index in [9.17, 15) is 4.79 Å². The van der Waals surface area contributed by atoms with Crippen molar-refractivity contribution in [1.29, 1.82) is 0 Å². The van der Waals surface area contributed by atoms with E-state index < -0.39 is 0 Å². The van der Waals surface area contributed by atoms with Gasteiger partial charge in [0.1, 0.15) is 0 Å². The molecule has 0 radical (unpaired) electrons. The van der Waals surface area contributed by atoms with Crippen molar-refractivity contribution in [1.82, 2.24) is 0 Å². The molecule has 0 fully saturated rings. The van der Waals surface area contributed by atoms with Crippen molar-refractivity contribution in [3.8, 4) is 0 Å². The van der Waals surface area contributed by atoms with Crippen molar-refractivity contribution >= 4 is 66.0 Å². The van der Waals surface area contributed by atoms with Crippen LogP contribution in [0.2, 0.25) is 0 Å². The first-order valence-electron chi connectivity index (χ1n) is 5.08. The minimum Gasteiger partial charge on any atom is -0.322 e. The first-order valence-corrected chi connectivity index (χ1v) is 7.75. The summed E-state index contributed by atoms with van der Waals surface area (Å²) in [6, 6.07) is 13.1. The number of hydrogen-bond acceptors (Lipinski definition) is 1. The maximum atomic E-state index is 12.1. The summed E-state index contributed by atoms with van der Waals surface area (Å²) in [5.74, 6) is -0.129. The van der Waals surface area contributed by atoms with Crippen molar-refractivity contribution in [2.24, 2.45) is 0 Å². The average molecular weight is 481 g/mol. The van der Waals surface area contributed by atoms with E-state index in [1.807, 2.05) is 36.4 Å². The highest BCUT2D eigenvalue weighted by Gasteiger charge is 2.10. The smallest absolute Gasteiger partial charge is 0.256 e. The molecule has 2 aromatic carbocycles. The summed E-state index contributed by atoms with van der Waals surface area (Å²) < 4.78 is 2.83. The van der Waals surface area contributed by atoms with Crippen LogP contribution >= 0.6 is 54.5 Å². The highest BCUT2D eigenvalue weighted by Crippen LogP contribution is 2.23. The van der Waals surface area contributed by atoms with Gasteiger partial charge in [0.2, 0.25) is 0 Å². The molecular formula is C13H8Br2INO. The number of amides is 1. The molecule has 0 aromatic heterocycles. The molecular weight excluding hydrogens is 473 g/mol. The number of benzene rings is 2. The fourth-order valence-corrected chi connectivity index (χ4v) is 2.99. The van der Waals surface area contributed by atoms with Crippen LogP contribution in [-0.2, 0) is 0 Å². The maximum Gasteiger partial charge on any atom is 0.256 e. The molecule has 18 heavy (non-hydrogen) atoms. The molecule has 1 amide bonds. The summed E-state index contributed by atoms with van der Waals surface area (Å²) in [5, 5.41) is 2.86. The van der Waals surface area contributed by atoms with Crippen molar-refractivity contribution in [2.45, 2.75) is 0 Å². The largest absolute Gasteiger partial charge is 0.322 e. The number of carbonyl (C=O) groups is 1. The van der Waals surface area contributed by atoms with Gasteiger partial charge in [-0.25, -0.2) is 0 Å². The molecule has 0 saturated heterocycles. The number of carbonyl (C=O) groups excluding carboxylic acids is 1. The Morgan fingerprint density at radius 1 is 1.06 bits per heavy atom. The number of anilines is 1. The van der Waals surface area contributed by atoms with Crippen LogP contribution in [0.1, 0.15) is 10.4 Å². The lowest BCUT2D eigenvalue weighted by Gasteiger charge is -2.07. The Bertz CT molecular complexity index is 584. The molecule has 0 atom stereocenters. The van der Waals surface area contributed by atoms with Gasteiger partial charge < -0.3 is 5.32 Å². The van der Waals surface area contributed by atoms with Gasteiger partial charge in [-0.3, -0.25) is 4.79 Å². The van der Waals surface area contributed by atoms with Crippen molar-refractivity contribution in [2.75, 3.05) is 5.32 Å². The van der Waals surface area contributed by atoms with Gasteiger partial charge in [0, 0.05) is 18.2 Å². The Morgan fingerprint density at radius 3 is 2.33 bits per heavy atom. The number of hydrogen-bond donors (Lipinski definition) is 1. The normalized spacial score (nSPS) is 10.2. The number of nitrogens with one attached hydrogen (secondary N) is 1. The Hall–Kier alpha value is -0.400. The van der Waals surface area contributed by atoms with Gasteiger partial charge >= 0.3 is 0 Å². The van der Waals surface area contributed by atoms with Crippen LogP contribution in [0.4, 0.5) is 5.69 Å². The Morgan fingerprint density at radius 2 is 1.72 bits per heavy atom. The number of halogens is 3. The molecule has 2 rings (SSSR count). The molecule has 1 N–H and O–H groups in total. The topological polar surface area (TPSA) is 29.1 Å². The molecule has 0 heterocycles. The predicted octanol–water partition coefficient (Wildman–Crippen LogP) is 5.07. The molecule has 5 heteroatoms.